The zero-order valence-corrected chi connectivity index (χ0v) is 6.47. The topological polar surface area (TPSA) is 131 Å². The summed E-state index contributed by atoms with van der Waals surface area (Å²) in [7, 11) is 0. The first-order chi connectivity index (χ1) is 6.15. The molecule has 3 N–H and O–H groups in total. The Labute approximate surface area is 72.3 Å². The number of nitrogens with zero attached hydrogens (tertiary/aromatic N) is 2. The van der Waals surface area contributed by atoms with Crippen molar-refractivity contribution < 1.29 is 14.6 Å². The summed E-state index contributed by atoms with van der Waals surface area (Å²) >= 11 is 0. The van der Waals surface area contributed by atoms with Gasteiger partial charge in [0, 0.05) is 6.07 Å². The molecule has 0 aliphatic carbocycles. The quantitative estimate of drug-likeness (QED) is 0.337. The molecule has 0 bridgehead atoms. The van der Waals surface area contributed by atoms with E-state index in [4.69, 9.17) is 21.3 Å². The standard InChI is InChI=1S/C6H6O4.HN3/c7-2-4-1-5(8)6(9)3-10-4;1-3-2/h1,3,7,9H,2H2;1H. The van der Waals surface area contributed by atoms with Crippen molar-refractivity contribution in [2.24, 2.45) is 0 Å². The minimum atomic E-state index is -0.546. The number of hydrogen-bond donors (Lipinski definition) is 3. The lowest BCUT2D eigenvalue weighted by Gasteiger charge is -1.92. The van der Waals surface area contributed by atoms with Crippen molar-refractivity contribution >= 4 is 0 Å². The molecule has 0 saturated carbocycles. The maximum absolute atomic E-state index is 10.6. The Balaban J connectivity index is 0.000000424. The van der Waals surface area contributed by atoms with Gasteiger partial charge in [-0.25, -0.2) is 0 Å². The van der Waals surface area contributed by atoms with Gasteiger partial charge in [0.1, 0.15) is 18.6 Å². The van der Waals surface area contributed by atoms with Crippen LogP contribution in [0.1, 0.15) is 5.76 Å². The Morgan fingerprint density at radius 2 is 2.23 bits per heavy atom. The zero-order valence-electron chi connectivity index (χ0n) is 6.47. The van der Waals surface area contributed by atoms with Crippen LogP contribution in [0.4, 0.5) is 0 Å². The second-order valence-electron chi connectivity index (χ2n) is 1.85. The van der Waals surface area contributed by atoms with E-state index in [1.54, 1.807) is 4.91 Å². The lowest BCUT2D eigenvalue weighted by molar-refractivity contribution is 0.241. The molecule has 0 amide bonds. The average molecular weight is 185 g/mol. The molecular weight excluding hydrogens is 178 g/mol. The highest BCUT2D eigenvalue weighted by Gasteiger charge is 1.98. The summed E-state index contributed by atoms with van der Waals surface area (Å²) < 4.78 is 4.59. The smallest absolute Gasteiger partial charge is 0.226 e. The molecule has 7 nitrogen and oxygen atoms in total. The molecule has 0 unspecified atom stereocenters. The van der Waals surface area contributed by atoms with Crippen LogP contribution >= 0.6 is 0 Å². The molecule has 0 aromatic carbocycles. The van der Waals surface area contributed by atoms with Gasteiger partial charge in [0.05, 0.1) is 0 Å². The van der Waals surface area contributed by atoms with Crippen molar-refractivity contribution in [2.45, 2.75) is 6.61 Å². The summed E-state index contributed by atoms with van der Waals surface area (Å²) in [5.74, 6) is -0.306. The van der Waals surface area contributed by atoms with Crippen molar-refractivity contribution in [3.05, 3.63) is 38.8 Å². The molecule has 0 spiro atoms. The van der Waals surface area contributed by atoms with Gasteiger partial charge in [0.15, 0.2) is 5.75 Å². The predicted molar refractivity (Wildman–Crippen MR) is 42.0 cm³/mol. The Bertz CT molecular complexity index is 353. The fourth-order valence-electron chi connectivity index (χ4n) is 0.527. The van der Waals surface area contributed by atoms with Gasteiger partial charge in [-0.05, 0) is 10.4 Å². The highest BCUT2D eigenvalue weighted by molar-refractivity contribution is 5.14. The van der Waals surface area contributed by atoms with Gasteiger partial charge in [0.25, 0.3) is 0 Å². The summed E-state index contributed by atoms with van der Waals surface area (Å²) in [4.78, 5) is 12.3. The van der Waals surface area contributed by atoms with Crippen LogP contribution < -0.4 is 5.43 Å². The van der Waals surface area contributed by atoms with Crippen LogP contribution in [-0.2, 0) is 6.61 Å². The minimum Gasteiger partial charge on any atom is -0.502 e. The Kier molecular flexibility index (Phi) is 4.78. The lowest BCUT2D eigenvalue weighted by Crippen LogP contribution is -1.99. The first kappa shape index (κ1) is 11.0. The van der Waals surface area contributed by atoms with Gasteiger partial charge >= 0.3 is 0 Å². The van der Waals surface area contributed by atoms with E-state index in [1.165, 1.54) is 0 Å². The first-order valence-corrected chi connectivity index (χ1v) is 3.08. The molecule has 0 radical (unpaired) electrons. The zero-order chi connectivity index (χ0) is 10.3. The summed E-state index contributed by atoms with van der Waals surface area (Å²) in [6.07, 6.45) is 0.897. The van der Waals surface area contributed by atoms with Gasteiger partial charge in [-0.2, -0.15) is 0 Å². The lowest BCUT2D eigenvalue weighted by atomic mass is 10.4. The molecule has 0 fully saturated rings. The van der Waals surface area contributed by atoms with E-state index in [0.29, 0.717) is 0 Å². The summed E-state index contributed by atoms with van der Waals surface area (Å²) in [6.45, 7) is -0.338. The van der Waals surface area contributed by atoms with Crippen LogP contribution in [0.25, 0.3) is 10.4 Å². The molecule has 0 aliphatic rings. The molecular formula is C6H7N3O4. The van der Waals surface area contributed by atoms with Gasteiger partial charge in [-0.3, -0.25) is 4.79 Å². The van der Waals surface area contributed by atoms with Crippen molar-refractivity contribution in [3.8, 4) is 5.75 Å². The van der Waals surface area contributed by atoms with E-state index in [0.717, 1.165) is 12.3 Å². The Morgan fingerprint density at radius 3 is 2.62 bits per heavy atom. The van der Waals surface area contributed by atoms with Gasteiger partial charge in [-0.1, -0.05) is 0 Å². The summed E-state index contributed by atoms with van der Waals surface area (Å²) in [5, 5.41) is 17.1. The van der Waals surface area contributed by atoms with E-state index in [2.05, 4.69) is 4.42 Å². The largest absolute Gasteiger partial charge is 0.502 e. The third kappa shape index (κ3) is 3.80. The second-order valence-corrected chi connectivity index (χ2v) is 1.85. The van der Waals surface area contributed by atoms with Crippen LogP contribution in [0, 0.1) is 5.53 Å². The van der Waals surface area contributed by atoms with E-state index in [1.807, 2.05) is 0 Å². The average Bonchev–Trinajstić information content (AvgIpc) is 2.11. The van der Waals surface area contributed by atoms with E-state index < -0.39 is 11.2 Å². The van der Waals surface area contributed by atoms with E-state index in [-0.39, 0.29) is 12.4 Å². The first-order valence-electron chi connectivity index (χ1n) is 3.08. The van der Waals surface area contributed by atoms with Crippen LogP contribution in [0.5, 0.6) is 5.75 Å². The van der Waals surface area contributed by atoms with Crippen molar-refractivity contribution in [2.75, 3.05) is 0 Å². The maximum atomic E-state index is 10.6. The molecule has 1 aromatic rings. The second kappa shape index (κ2) is 5.64. The monoisotopic (exact) mass is 185 g/mol. The van der Waals surface area contributed by atoms with Gasteiger partial charge < -0.3 is 14.6 Å². The highest BCUT2D eigenvalue weighted by atomic mass is 16.4. The number of rotatable bonds is 1. The number of hydrogen-bond acceptors (Lipinski definition) is 5. The number of aliphatic hydroxyl groups excluding tert-OH is 1. The molecule has 1 aromatic heterocycles. The SMILES string of the molecule is O=c1cc(CO)occ1O.[N-]=[N+]=N. The minimum absolute atomic E-state index is 0.141. The maximum Gasteiger partial charge on any atom is 0.226 e. The summed E-state index contributed by atoms with van der Waals surface area (Å²) in [6, 6.07) is 1.04. The predicted octanol–water partition coefficient (Wildman–Crippen LogP) is 0.713. The third-order valence-corrected chi connectivity index (χ3v) is 1.02. The van der Waals surface area contributed by atoms with Gasteiger partial charge in [-0.15, -0.1) is 5.53 Å². The fraction of sp³-hybridized carbons (Fsp3) is 0.167. The van der Waals surface area contributed by atoms with Crippen molar-refractivity contribution in [1.29, 1.82) is 5.53 Å². The van der Waals surface area contributed by atoms with E-state index >= 15 is 0 Å². The molecule has 0 saturated heterocycles. The molecule has 1 heterocycles. The fourth-order valence-corrected chi connectivity index (χ4v) is 0.527. The van der Waals surface area contributed by atoms with Crippen LogP contribution in [0.3, 0.4) is 0 Å². The third-order valence-electron chi connectivity index (χ3n) is 1.02. The van der Waals surface area contributed by atoms with Crippen molar-refractivity contribution in [1.82, 2.24) is 0 Å². The highest BCUT2D eigenvalue weighted by Crippen LogP contribution is 2.01. The molecule has 70 valence electrons. The summed E-state index contributed by atoms with van der Waals surface area (Å²) in [5.41, 5.74) is 11.7. The van der Waals surface area contributed by atoms with Crippen molar-refractivity contribution in [3.63, 3.8) is 0 Å². The van der Waals surface area contributed by atoms with Crippen LogP contribution in [0.15, 0.2) is 21.5 Å². The van der Waals surface area contributed by atoms with E-state index in [9.17, 15) is 4.79 Å². The number of nitrogens with one attached hydrogen (secondary N) is 1. The number of aromatic hydroxyl groups is 1. The normalized spacial score (nSPS) is 8.08. The Hall–Kier alpha value is -1.98. The molecule has 0 atom stereocenters. The van der Waals surface area contributed by atoms with Gasteiger partial charge in [0.2, 0.25) is 5.43 Å². The molecule has 13 heavy (non-hydrogen) atoms. The molecule has 7 heteroatoms. The van der Waals surface area contributed by atoms with Crippen LogP contribution in [-0.4, -0.2) is 10.2 Å². The Morgan fingerprint density at radius 1 is 1.69 bits per heavy atom. The molecule has 1 rings (SSSR count). The molecule has 0 aliphatic heterocycles. The van der Waals surface area contributed by atoms with Crippen LogP contribution in [0.2, 0.25) is 0 Å². The number of aliphatic hydroxyl groups is 1.